The van der Waals surface area contributed by atoms with Gasteiger partial charge in [-0.3, -0.25) is 14.0 Å². The minimum atomic E-state index is -3.13. The predicted molar refractivity (Wildman–Crippen MR) is 126 cm³/mol. The van der Waals surface area contributed by atoms with E-state index in [2.05, 4.69) is 26.3 Å². The van der Waals surface area contributed by atoms with Gasteiger partial charge in [0.15, 0.2) is 0 Å². The second-order valence-corrected chi connectivity index (χ2v) is 9.92. The van der Waals surface area contributed by atoms with E-state index in [4.69, 9.17) is 9.05 Å². The Labute approximate surface area is 189 Å². The summed E-state index contributed by atoms with van der Waals surface area (Å²) in [5, 5.41) is 7.12. The van der Waals surface area contributed by atoms with Crippen molar-refractivity contribution in [3.8, 4) is 11.3 Å². The average molecular weight is 504 g/mol. The zero-order chi connectivity index (χ0) is 22.4. The van der Waals surface area contributed by atoms with E-state index in [1.165, 1.54) is 20.3 Å². The summed E-state index contributed by atoms with van der Waals surface area (Å²) in [6, 6.07) is 14.9. The van der Waals surface area contributed by atoms with Crippen molar-refractivity contribution in [2.24, 2.45) is 7.05 Å². The minimum absolute atomic E-state index is 0.161. The lowest BCUT2D eigenvalue weighted by molar-refractivity contribution is -0.111. The fourth-order valence-corrected chi connectivity index (χ4v) is 4.34. The normalized spacial score (nSPS) is 11.7. The number of anilines is 1. The van der Waals surface area contributed by atoms with Crippen molar-refractivity contribution in [3.05, 3.63) is 76.4 Å². The molecule has 1 heterocycles. The maximum absolute atomic E-state index is 12.4. The molecule has 0 radical (unpaired) electrons. The number of nitrogens with zero attached hydrogens (tertiary/aromatic N) is 2. The number of rotatable bonds is 8. The van der Waals surface area contributed by atoms with E-state index < -0.39 is 7.60 Å². The molecule has 0 aliphatic rings. The SMILES string of the molecule is COP(=O)(Cc1ccc(NC(=O)C=Cc2cnn(C)c2-c2ccc(Br)cc2)cc1)OC. The third-order valence-corrected chi connectivity index (χ3v) is 7.05. The average Bonchev–Trinajstić information content (AvgIpc) is 3.14. The van der Waals surface area contributed by atoms with Crippen LogP contribution in [0, 0.1) is 0 Å². The summed E-state index contributed by atoms with van der Waals surface area (Å²) < 4.78 is 24.9. The summed E-state index contributed by atoms with van der Waals surface area (Å²) in [5.41, 5.74) is 4.17. The lowest BCUT2D eigenvalue weighted by atomic mass is 10.1. The fourth-order valence-electron chi connectivity index (χ4n) is 3.01. The molecule has 1 N–H and O–H groups in total. The summed E-state index contributed by atoms with van der Waals surface area (Å²) >= 11 is 3.44. The first-order chi connectivity index (χ1) is 14.8. The third-order valence-electron chi connectivity index (χ3n) is 4.65. The number of hydrogen-bond donors (Lipinski definition) is 1. The summed E-state index contributed by atoms with van der Waals surface area (Å²) in [6.45, 7) is 0. The molecule has 0 aliphatic heterocycles. The standard InChI is InChI=1S/C22H23BrN3O4P/c1-26-22(17-6-9-19(23)10-7-17)18(14-24-26)8-13-21(27)25-20-11-4-16(5-12-20)15-31(28,29-2)30-3/h4-14H,15H2,1-3H3,(H,25,27). The molecule has 9 heteroatoms. The van der Waals surface area contributed by atoms with E-state index in [0.717, 1.165) is 26.9 Å². The van der Waals surface area contributed by atoms with Crippen molar-refractivity contribution in [2.75, 3.05) is 19.5 Å². The van der Waals surface area contributed by atoms with Gasteiger partial charge < -0.3 is 14.4 Å². The first-order valence-electron chi connectivity index (χ1n) is 9.40. The van der Waals surface area contributed by atoms with Crippen LogP contribution < -0.4 is 5.32 Å². The van der Waals surface area contributed by atoms with Gasteiger partial charge in [0.2, 0.25) is 5.91 Å². The number of benzene rings is 2. The van der Waals surface area contributed by atoms with Gasteiger partial charge in [0, 0.05) is 48.6 Å². The number of carbonyl (C=O) groups is 1. The van der Waals surface area contributed by atoms with E-state index in [0.29, 0.717) is 5.69 Å². The Morgan fingerprint density at radius 3 is 2.39 bits per heavy atom. The molecule has 0 bridgehead atoms. The highest BCUT2D eigenvalue weighted by molar-refractivity contribution is 9.10. The van der Waals surface area contributed by atoms with E-state index in [-0.39, 0.29) is 12.1 Å². The highest BCUT2D eigenvalue weighted by atomic mass is 79.9. The highest BCUT2D eigenvalue weighted by Gasteiger charge is 2.21. The van der Waals surface area contributed by atoms with E-state index in [9.17, 15) is 9.36 Å². The van der Waals surface area contributed by atoms with Gasteiger partial charge in [-0.25, -0.2) is 0 Å². The maximum Gasteiger partial charge on any atom is 0.334 e. The van der Waals surface area contributed by atoms with Gasteiger partial charge in [0.05, 0.1) is 18.1 Å². The number of halogens is 1. The van der Waals surface area contributed by atoms with Crippen LogP contribution in [0.25, 0.3) is 17.3 Å². The second-order valence-electron chi connectivity index (χ2n) is 6.73. The molecule has 0 spiro atoms. The van der Waals surface area contributed by atoms with Crippen LogP contribution in [0.15, 0.2) is 65.3 Å². The van der Waals surface area contributed by atoms with E-state index in [1.807, 2.05) is 31.3 Å². The molecule has 31 heavy (non-hydrogen) atoms. The van der Waals surface area contributed by atoms with Gasteiger partial charge in [0.1, 0.15) is 0 Å². The van der Waals surface area contributed by atoms with Crippen LogP contribution in [0.5, 0.6) is 0 Å². The lowest BCUT2D eigenvalue weighted by Crippen LogP contribution is -2.07. The van der Waals surface area contributed by atoms with Gasteiger partial charge in [-0.1, -0.05) is 40.2 Å². The van der Waals surface area contributed by atoms with E-state index >= 15 is 0 Å². The Bertz CT molecular complexity index is 1120. The molecule has 1 amide bonds. The molecule has 0 atom stereocenters. The molecular weight excluding hydrogens is 481 g/mol. The monoisotopic (exact) mass is 503 g/mol. The number of amides is 1. The second kappa shape index (κ2) is 10.2. The van der Waals surface area contributed by atoms with Crippen molar-refractivity contribution < 1.29 is 18.4 Å². The van der Waals surface area contributed by atoms with Crippen LogP contribution in [0.1, 0.15) is 11.1 Å². The van der Waals surface area contributed by atoms with Crippen molar-refractivity contribution in [2.45, 2.75) is 6.16 Å². The lowest BCUT2D eigenvalue weighted by Gasteiger charge is -2.13. The van der Waals surface area contributed by atoms with Gasteiger partial charge in [-0.2, -0.15) is 5.10 Å². The first-order valence-corrected chi connectivity index (χ1v) is 11.9. The van der Waals surface area contributed by atoms with Crippen LogP contribution in [-0.2, 0) is 31.6 Å². The number of aromatic nitrogens is 2. The van der Waals surface area contributed by atoms with Crippen molar-refractivity contribution in [1.29, 1.82) is 0 Å². The topological polar surface area (TPSA) is 82.5 Å². The summed E-state index contributed by atoms with van der Waals surface area (Å²) in [7, 11) is 1.45. The third kappa shape index (κ3) is 6.02. The van der Waals surface area contributed by atoms with Crippen LogP contribution in [-0.4, -0.2) is 29.9 Å². The van der Waals surface area contributed by atoms with Crippen molar-refractivity contribution in [1.82, 2.24) is 9.78 Å². The molecule has 0 fully saturated rings. The molecule has 0 saturated heterocycles. The Hall–Kier alpha value is -2.51. The van der Waals surface area contributed by atoms with Gasteiger partial charge in [-0.15, -0.1) is 0 Å². The number of carbonyl (C=O) groups excluding carboxylic acids is 1. The minimum Gasteiger partial charge on any atom is -0.323 e. The molecule has 0 aliphatic carbocycles. The molecule has 162 valence electrons. The van der Waals surface area contributed by atoms with E-state index in [1.54, 1.807) is 41.2 Å². The van der Waals surface area contributed by atoms with Gasteiger partial charge in [-0.05, 0) is 35.9 Å². The number of hydrogen-bond acceptors (Lipinski definition) is 5. The Morgan fingerprint density at radius 2 is 1.77 bits per heavy atom. The molecule has 2 aromatic carbocycles. The quantitative estimate of drug-likeness (QED) is 0.324. The molecule has 3 aromatic rings. The van der Waals surface area contributed by atoms with Crippen LogP contribution in [0.3, 0.4) is 0 Å². The van der Waals surface area contributed by atoms with Gasteiger partial charge >= 0.3 is 7.60 Å². The number of nitrogens with one attached hydrogen (secondary N) is 1. The maximum atomic E-state index is 12.4. The summed E-state index contributed by atoms with van der Waals surface area (Å²) in [5.74, 6) is -0.266. The molecule has 1 aromatic heterocycles. The molecule has 7 nitrogen and oxygen atoms in total. The first kappa shape index (κ1) is 23.2. The smallest absolute Gasteiger partial charge is 0.323 e. The molecule has 0 saturated carbocycles. The number of aryl methyl sites for hydroxylation is 1. The molecule has 0 unspecified atom stereocenters. The fraction of sp³-hybridized carbons (Fsp3) is 0.182. The largest absolute Gasteiger partial charge is 0.334 e. The zero-order valence-corrected chi connectivity index (χ0v) is 19.9. The summed E-state index contributed by atoms with van der Waals surface area (Å²) in [6.07, 6.45) is 5.09. The van der Waals surface area contributed by atoms with Crippen molar-refractivity contribution in [3.63, 3.8) is 0 Å². The highest BCUT2D eigenvalue weighted by Crippen LogP contribution is 2.49. The Morgan fingerprint density at radius 1 is 1.13 bits per heavy atom. The van der Waals surface area contributed by atoms with Crippen LogP contribution in [0.4, 0.5) is 5.69 Å². The predicted octanol–water partition coefficient (Wildman–Crippen LogP) is 5.49. The molecular formula is C22H23BrN3O4P. The van der Waals surface area contributed by atoms with Crippen LogP contribution >= 0.6 is 23.5 Å². The summed E-state index contributed by atoms with van der Waals surface area (Å²) in [4.78, 5) is 12.4. The Balaban J connectivity index is 1.68. The van der Waals surface area contributed by atoms with Crippen molar-refractivity contribution >= 4 is 41.2 Å². The van der Waals surface area contributed by atoms with Gasteiger partial charge in [0.25, 0.3) is 0 Å². The molecule has 3 rings (SSSR count). The van der Waals surface area contributed by atoms with Crippen LogP contribution in [0.2, 0.25) is 0 Å². The Kier molecular flexibility index (Phi) is 7.62. The zero-order valence-electron chi connectivity index (χ0n) is 17.4.